The van der Waals surface area contributed by atoms with Crippen LogP contribution in [0.5, 0.6) is 0 Å². The van der Waals surface area contributed by atoms with Gasteiger partial charge >= 0.3 is 19.8 Å². The first-order valence-electron chi connectivity index (χ1n) is 3.35. The molecule has 0 nitrogen and oxygen atoms in total. The molecule has 0 aliphatic heterocycles. The van der Waals surface area contributed by atoms with E-state index in [1.54, 1.807) is 0 Å². The average molecular weight is 381 g/mol. The number of hydrogen-bond acceptors (Lipinski definition) is 0. The van der Waals surface area contributed by atoms with Crippen LogP contribution < -0.4 is 24.8 Å². The Kier molecular flexibility index (Phi) is 14.5. The second kappa shape index (κ2) is 9.52. The van der Waals surface area contributed by atoms with Crippen molar-refractivity contribution in [3.05, 3.63) is 35.9 Å². The molecule has 0 unspecified atom stereocenters. The third-order valence-corrected chi connectivity index (χ3v) is 1.47. The molecule has 0 aliphatic rings. The van der Waals surface area contributed by atoms with Crippen LogP contribution in [0.25, 0.3) is 0 Å². The predicted octanol–water partition coefficient (Wildman–Crippen LogP) is -3.18. The van der Waals surface area contributed by atoms with Crippen molar-refractivity contribution in [1.29, 1.82) is 0 Å². The standard InChI is InChI=1S/C9H12.2ClH.Os/c1-8(2)9-6-4-3-5-7-9;;;/h3-8H,1-2H3;2*1H;/q;;;+2/p-2. The summed E-state index contributed by atoms with van der Waals surface area (Å²) in [5, 5.41) is 0. The first kappa shape index (κ1) is 18.3. The Morgan fingerprint density at radius 1 is 0.917 bits per heavy atom. The fraction of sp³-hybridized carbons (Fsp3) is 0.333. The van der Waals surface area contributed by atoms with Gasteiger partial charge in [0.15, 0.2) is 0 Å². The minimum Gasteiger partial charge on any atom is -1.00 e. The zero-order valence-electron chi connectivity index (χ0n) is 7.07. The van der Waals surface area contributed by atoms with Crippen molar-refractivity contribution >= 4 is 0 Å². The molecule has 1 aromatic carbocycles. The van der Waals surface area contributed by atoms with Crippen LogP contribution >= 0.6 is 0 Å². The molecular weight excluding hydrogens is 369 g/mol. The predicted molar refractivity (Wildman–Crippen MR) is 40.5 cm³/mol. The van der Waals surface area contributed by atoms with Gasteiger partial charge in [0.25, 0.3) is 0 Å². The summed E-state index contributed by atoms with van der Waals surface area (Å²) in [7, 11) is 0. The smallest absolute Gasteiger partial charge is 1.00 e. The van der Waals surface area contributed by atoms with Crippen LogP contribution in [0.4, 0.5) is 0 Å². The summed E-state index contributed by atoms with van der Waals surface area (Å²) in [4.78, 5) is 0. The number of hydrogen-bond donors (Lipinski definition) is 0. The van der Waals surface area contributed by atoms with Crippen LogP contribution in [0.2, 0.25) is 0 Å². The normalized spacial score (nSPS) is 7.58. The maximum absolute atomic E-state index is 2.20. The monoisotopic (exact) mass is 382 g/mol. The molecule has 70 valence electrons. The summed E-state index contributed by atoms with van der Waals surface area (Å²) in [5.74, 6) is 0.659. The third-order valence-electron chi connectivity index (χ3n) is 1.47. The van der Waals surface area contributed by atoms with Gasteiger partial charge in [0.2, 0.25) is 0 Å². The average Bonchev–Trinajstić information content (AvgIpc) is 1.90. The van der Waals surface area contributed by atoms with E-state index in [-0.39, 0.29) is 44.6 Å². The summed E-state index contributed by atoms with van der Waals surface area (Å²) >= 11 is 0. The molecule has 1 rings (SSSR count). The molecular formula is C9H12Cl2Os. The zero-order valence-corrected chi connectivity index (χ0v) is 11.1. The van der Waals surface area contributed by atoms with Crippen molar-refractivity contribution < 1.29 is 44.6 Å². The summed E-state index contributed by atoms with van der Waals surface area (Å²) < 4.78 is 0. The van der Waals surface area contributed by atoms with Crippen LogP contribution in [0.1, 0.15) is 25.3 Å². The van der Waals surface area contributed by atoms with E-state index in [2.05, 4.69) is 38.1 Å². The van der Waals surface area contributed by atoms with Crippen molar-refractivity contribution in [2.75, 3.05) is 0 Å². The van der Waals surface area contributed by atoms with Gasteiger partial charge in [-0.1, -0.05) is 44.2 Å². The number of benzene rings is 1. The Balaban J connectivity index is -0.000000270. The SMILES string of the molecule is CC(C)c1ccccc1.[Cl-].[Cl-].[Os+2]. The Morgan fingerprint density at radius 2 is 1.33 bits per heavy atom. The summed E-state index contributed by atoms with van der Waals surface area (Å²) in [6, 6.07) is 10.5. The van der Waals surface area contributed by atoms with Crippen molar-refractivity contribution in [2.45, 2.75) is 19.8 Å². The first-order valence-corrected chi connectivity index (χ1v) is 3.35. The van der Waals surface area contributed by atoms with E-state index in [0.29, 0.717) is 5.92 Å². The first-order chi connectivity index (χ1) is 4.30. The minimum atomic E-state index is 0. The molecule has 0 bridgehead atoms. The molecule has 1 aromatic rings. The van der Waals surface area contributed by atoms with E-state index in [9.17, 15) is 0 Å². The second-order valence-electron chi connectivity index (χ2n) is 2.57. The zero-order chi connectivity index (χ0) is 6.69. The summed E-state index contributed by atoms with van der Waals surface area (Å²) in [6.07, 6.45) is 0. The molecule has 3 heteroatoms. The molecule has 0 radical (unpaired) electrons. The maximum atomic E-state index is 2.20. The third kappa shape index (κ3) is 6.01. The van der Waals surface area contributed by atoms with Gasteiger partial charge in [0.05, 0.1) is 0 Å². The molecule has 0 fully saturated rings. The molecule has 0 N–H and O–H groups in total. The van der Waals surface area contributed by atoms with E-state index in [1.165, 1.54) is 5.56 Å². The Labute approximate surface area is 100 Å². The van der Waals surface area contributed by atoms with Gasteiger partial charge in [0, 0.05) is 0 Å². The van der Waals surface area contributed by atoms with E-state index in [4.69, 9.17) is 0 Å². The van der Waals surface area contributed by atoms with Crippen molar-refractivity contribution in [2.24, 2.45) is 0 Å². The fourth-order valence-electron chi connectivity index (χ4n) is 0.838. The Hall–Kier alpha value is 0.436. The van der Waals surface area contributed by atoms with Crippen molar-refractivity contribution in [3.63, 3.8) is 0 Å². The van der Waals surface area contributed by atoms with Gasteiger partial charge < -0.3 is 24.8 Å². The van der Waals surface area contributed by atoms with Gasteiger partial charge in [-0.15, -0.1) is 0 Å². The Bertz CT molecular complexity index is 175. The van der Waals surface area contributed by atoms with E-state index in [1.807, 2.05) is 6.07 Å². The second-order valence-corrected chi connectivity index (χ2v) is 2.57. The van der Waals surface area contributed by atoms with Gasteiger partial charge in [-0.05, 0) is 11.5 Å². The van der Waals surface area contributed by atoms with E-state index in [0.717, 1.165) is 0 Å². The quantitative estimate of drug-likeness (QED) is 0.481. The molecule has 0 saturated carbocycles. The minimum absolute atomic E-state index is 0. The van der Waals surface area contributed by atoms with Crippen LogP contribution in [0, 0.1) is 0 Å². The Morgan fingerprint density at radius 3 is 1.58 bits per heavy atom. The van der Waals surface area contributed by atoms with E-state index >= 15 is 0 Å². The number of rotatable bonds is 1. The van der Waals surface area contributed by atoms with Gasteiger partial charge in [0.1, 0.15) is 0 Å². The van der Waals surface area contributed by atoms with Crippen LogP contribution in [0.3, 0.4) is 0 Å². The van der Waals surface area contributed by atoms with Crippen molar-refractivity contribution in [1.82, 2.24) is 0 Å². The fourth-order valence-corrected chi connectivity index (χ4v) is 0.838. The van der Waals surface area contributed by atoms with Gasteiger partial charge in [-0.25, -0.2) is 0 Å². The molecule has 0 heterocycles. The maximum Gasteiger partial charge on any atom is 2.00 e. The molecule has 0 aromatic heterocycles. The van der Waals surface area contributed by atoms with Gasteiger partial charge in [-0.2, -0.15) is 0 Å². The molecule has 0 saturated heterocycles. The molecule has 0 atom stereocenters. The largest absolute Gasteiger partial charge is 2.00 e. The molecule has 12 heavy (non-hydrogen) atoms. The van der Waals surface area contributed by atoms with E-state index < -0.39 is 0 Å². The van der Waals surface area contributed by atoms with Gasteiger partial charge in [-0.3, -0.25) is 0 Å². The molecule has 0 aliphatic carbocycles. The van der Waals surface area contributed by atoms with Crippen LogP contribution in [0.15, 0.2) is 30.3 Å². The topological polar surface area (TPSA) is 0 Å². The molecule has 0 amide bonds. The number of halogens is 2. The van der Waals surface area contributed by atoms with Crippen LogP contribution in [-0.4, -0.2) is 0 Å². The van der Waals surface area contributed by atoms with Crippen molar-refractivity contribution in [3.8, 4) is 0 Å². The molecule has 0 spiro atoms. The van der Waals surface area contributed by atoms with Crippen LogP contribution in [-0.2, 0) is 19.8 Å². The summed E-state index contributed by atoms with van der Waals surface area (Å²) in [6.45, 7) is 4.41. The summed E-state index contributed by atoms with van der Waals surface area (Å²) in [5.41, 5.74) is 1.41.